The molecule has 0 saturated heterocycles. The highest BCUT2D eigenvalue weighted by atomic mass is 32.2. The number of carboxylic acid groups (broad SMARTS) is 1. The summed E-state index contributed by atoms with van der Waals surface area (Å²) in [7, 11) is -2.24. The molecule has 0 aromatic heterocycles. The minimum atomic E-state index is -3.71. The second-order valence-electron chi connectivity index (χ2n) is 3.85. The first-order valence-corrected chi connectivity index (χ1v) is 7.30. The molecule has 0 radical (unpaired) electrons. The first-order valence-electron chi connectivity index (χ1n) is 5.58. The van der Waals surface area contributed by atoms with Crippen molar-refractivity contribution in [2.75, 3.05) is 19.5 Å². The van der Waals surface area contributed by atoms with Crippen LogP contribution in [-0.2, 0) is 14.6 Å². The lowest BCUT2D eigenvalue weighted by Crippen LogP contribution is -2.31. The molecule has 1 rings (SSSR count). The molecule has 0 heterocycles. The lowest BCUT2D eigenvalue weighted by atomic mass is 10.3. The van der Waals surface area contributed by atoms with Gasteiger partial charge in [-0.2, -0.15) is 0 Å². The molecule has 0 bridgehead atoms. The molecule has 1 aromatic carbocycles. The third kappa shape index (κ3) is 4.13. The normalized spacial score (nSPS) is 12.7. The Morgan fingerprint density at radius 1 is 1.32 bits per heavy atom. The number of benzene rings is 1. The molecule has 0 saturated carbocycles. The quantitative estimate of drug-likeness (QED) is 0.803. The zero-order chi connectivity index (χ0) is 14.5. The van der Waals surface area contributed by atoms with Crippen LogP contribution >= 0.6 is 0 Å². The minimum absolute atomic E-state index is 0.125. The van der Waals surface area contributed by atoms with Crippen molar-refractivity contribution in [1.82, 2.24) is 0 Å². The highest BCUT2D eigenvalue weighted by molar-refractivity contribution is 7.92. The SMILES string of the molecule is COc1ccccc1OCCS(=O)(=O)C(C)C(=O)O. The van der Waals surface area contributed by atoms with E-state index in [1.165, 1.54) is 7.11 Å². The third-order valence-electron chi connectivity index (χ3n) is 2.58. The molecule has 0 spiro atoms. The fourth-order valence-electron chi connectivity index (χ4n) is 1.34. The summed E-state index contributed by atoms with van der Waals surface area (Å²) in [6.07, 6.45) is 0. The van der Waals surface area contributed by atoms with Crippen molar-refractivity contribution in [3.63, 3.8) is 0 Å². The van der Waals surface area contributed by atoms with Crippen LogP contribution in [0.25, 0.3) is 0 Å². The zero-order valence-corrected chi connectivity index (χ0v) is 11.5. The maximum atomic E-state index is 11.6. The predicted octanol–water partition coefficient (Wildman–Crippen LogP) is 0.962. The molecular weight excluding hydrogens is 272 g/mol. The van der Waals surface area contributed by atoms with Crippen molar-refractivity contribution < 1.29 is 27.8 Å². The summed E-state index contributed by atoms with van der Waals surface area (Å²) in [5.74, 6) is -0.815. The Bertz CT molecular complexity index is 537. The van der Waals surface area contributed by atoms with Crippen LogP contribution in [0.2, 0.25) is 0 Å². The highest BCUT2D eigenvalue weighted by Crippen LogP contribution is 2.25. The van der Waals surface area contributed by atoms with E-state index in [2.05, 4.69) is 0 Å². The molecule has 19 heavy (non-hydrogen) atoms. The van der Waals surface area contributed by atoms with Gasteiger partial charge in [0.05, 0.1) is 12.9 Å². The highest BCUT2D eigenvalue weighted by Gasteiger charge is 2.27. The van der Waals surface area contributed by atoms with Crippen LogP contribution in [0.1, 0.15) is 6.92 Å². The zero-order valence-electron chi connectivity index (χ0n) is 10.7. The fourth-order valence-corrected chi connectivity index (χ4v) is 2.31. The molecular formula is C12H16O6S. The Balaban J connectivity index is 2.62. The van der Waals surface area contributed by atoms with Gasteiger partial charge in [0, 0.05) is 0 Å². The molecule has 1 unspecified atom stereocenters. The van der Waals surface area contributed by atoms with E-state index < -0.39 is 21.1 Å². The van der Waals surface area contributed by atoms with Crippen molar-refractivity contribution in [2.45, 2.75) is 12.2 Å². The van der Waals surface area contributed by atoms with Crippen LogP contribution in [0.3, 0.4) is 0 Å². The molecule has 0 aliphatic rings. The van der Waals surface area contributed by atoms with Crippen molar-refractivity contribution >= 4 is 15.8 Å². The standard InChI is InChI=1S/C12H16O6S/c1-9(12(13)14)19(15,16)8-7-18-11-6-4-3-5-10(11)17-2/h3-6,9H,7-8H2,1-2H3,(H,13,14). The third-order valence-corrected chi connectivity index (χ3v) is 4.60. The Kier molecular flexibility index (Phi) is 5.17. The van der Waals surface area contributed by atoms with Gasteiger partial charge >= 0.3 is 5.97 Å². The van der Waals surface area contributed by atoms with E-state index in [0.717, 1.165) is 6.92 Å². The van der Waals surface area contributed by atoms with Crippen LogP contribution in [0.4, 0.5) is 0 Å². The average Bonchev–Trinajstić information content (AvgIpc) is 2.38. The van der Waals surface area contributed by atoms with Crippen molar-refractivity contribution in [3.05, 3.63) is 24.3 Å². The lowest BCUT2D eigenvalue weighted by molar-refractivity contribution is -0.136. The van der Waals surface area contributed by atoms with Gasteiger partial charge in [-0.15, -0.1) is 0 Å². The number of carbonyl (C=O) groups is 1. The van der Waals surface area contributed by atoms with Gasteiger partial charge in [0.15, 0.2) is 26.6 Å². The van der Waals surface area contributed by atoms with E-state index in [-0.39, 0.29) is 12.4 Å². The number of sulfone groups is 1. The molecule has 1 N–H and O–H groups in total. The summed E-state index contributed by atoms with van der Waals surface area (Å²) in [5.41, 5.74) is 0. The van der Waals surface area contributed by atoms with Gasteiger partial charge in [0.1, 0.15) is 6.61 Å². The number of hydrogen-bond acceptors (Lipinski definition) is 5. The first kappa shape index (κ1) is 15.3. The number of hydrogen-bond donors (Lipinski definition) is 1. The van der Waals surface area contributed by atoms with Crippen molar-refractivity contribution in [2.24, 2.45) is 0 Å². The fraction of sp³-hybridized carbons (Fsp3) is 0.417. The summed E-state index contributed by atoms with van der Waals surface area (Å²) in [4.78, 5) is 10.6. The van der Waals surface area contributed by atoms with Crippen LogP contribution in [0.15, 0.2) is 24.3 Å². The van der Waals surface area contributed by atoms with Crippen molar-refractivity contribution in [3.8, 4) is 11.5 Å². The summed E-state index contributed by atoms with van der Waals surface area (Å²) < 4.78 is 33.6. The van der Waals surface area contributed by atoms with Gasteiger partial charge < -0.3 is 14.6 Å². The number of para-hydroxylation sites is 2. The molecule has 0 aliphatic carbocycles. The van der Waals surface area contributed by atoms with E-state index in [4.69, 9.17) is 14.6 Å². The van der Waals surface area contributed by atoms with Gasteiger partial charge in [-0.3, -0.25) is 4.79 Å². The monoisotopic (exact) mass is 288 g/mol. The Hall–Kier alpha value is -1.76. The summed E-state index contributed by atoms with van der Waals surface area (Å²) >= 11 is 0. The second-order valence-corrected chi connectivity index (χ2v) is 6.29. The Labute approximate surface area is 111 Å². The van der Waals surface area contributed by atoms with Crippen LogP contribution < -0.4 is 9.47 Å². The number of rotatable bonds is 7. The molecule has 0 amide bonds. The maximum absolute atomic E-state index is 11.6. The van der Waals surface area contributed by atoms with Crippen LogP contribution in [0, 0.1) is 0 Å². The summed E-state index contributed by atoms with van der Waals surface area (Å²) in [5, 5.41) is 7.24. The lowest BCUT2D eigenvalue weighted by Gasteiger charge is -2.11. The topological polar surface area (TPSA) is 89.9 Å². The van der Waals surface area contributed by atoms with E-state index >= 15 is 0 Å². The Morgan fingerprint density at radius 2 is 1.89 bits per heavy atom. The molecule has 6 nitrogen and oxygen atoms in total. The second kappa shape index (κ2) is 6.42. The summed E-state index contributed by atoms with van der Waals surface area (Å²) in [6.45, 7) is 1.01. The van der Waals surface area contributed by atoms with E-state index in [0.29, 0.717) is 11.5 Å². The number of ether oxygens (including phenoxy) is 2. The number of carboxylic acids is 1. The molecule has 0 fully saturated rings. The van der Waals surface area contributed by atoms with E-state index in [9.17, 15) is 13.2 Å². The maximum Gasteiger partial charge on any atom is 0.321 e. The van der Waals surface area contributed by atoms with Gasteiger partial charge in [-0.1, -0.05) is 12.1 Å². The molecule has 1 aromatic rings. The van der Waals surface area contributed by atoms with Crippen LogP contribution in [0.5, 0.6) is 11.5 Å². The van der Waals surface area contributed by atoms with Crippen LogP contribution in [-0.4, -0.2) is 44.2 Å². The van der Waals surface area contributed by atoms with Gasteiger partial charge in [-0.05, 0) is 19.1 Å². The van der Waals surface area contributed by atoms with E-state index in [1.807, 2.05) is 0 Å². The molecule has 0 aliphatic heterocycles. The summed E-state index contributed by atoms with van der Waals surface area (Å²) in [6, 6.07) is 6.82. The number of aliphatic carboxylic acids is 1. The largest absolute Gasteiger partial charge is 0.493 e. The smallest absolute Gasteiger partial charge is 0.321 e. The average molecular weight is 288 g/mol. The van der Waals surface area contributed by atoms with Gasteiger partial charge in [-0.25, -0.2) is 8.42 Å². The Morgan fingerprint density at radius 3 is 2.42 bits per heavy atom. The van der Waals surface area contributed by atoms with Gasteiger partial charge in [0.25, 0.3) is 0 Å². The van der Waals surface area contributed by atoms with Crippen molar-refractivity contribution in [1.29, 1.82) is 0 Å². The number of methoxy groups -OCH3 is 1. The van der Waals surface area contributed by atoms with Gasteiger partial charge in [0.2, 0.25) is 0 Å². The first-order chi connectivity index (χ1) is 8.88. The minimum Gasteiger partial charge on any atom is -0.493 e. The van der Waals surface area contributed by atoms with E-state index in [1.54, 1.807) is 24.3 Å². The molecule has 106 valence electrons. The molecule has 7 heteroatoms. The molecule has 1 atom stereocenters. The predicted molar refractivity (Wildman–Crippen MR) is 69.4 cm³/mol.